The van der Waals surface area contributed by atoms with E-state index in [2.05, 4.69) is 150 Å². The van der Waals surface area contributed by atoms with Crippen LogP contribution in [0.1, 0.15) is 0 Å². The quantitative estimate of drug-likeness (QED) is 0.123. The van der Waals surface area contributed by atoms with Gasteiger partial charge in [-0.15, -0.1) is 35.4 Å². The van der Waals surface area contributed by atoms with Crippen molar-refractivity contribution in [1.29, 1.82) is 0 Å². The van der Waals surface area contributed by atoms with Crippen LogP contribution in [-0.4, -0.2) is 31.3 Å². The van der Waals surface area contributed by atoms with Crippen LogP contribution in [-0.2, 0) is 20.1 Å². The zero-order chi connectivity index (χ0) is 31.2. The van der Waals surface area contributed by atoms with Gasteiger partial charge in [0.25, 0.3) is 0 Å². The molecule has 0 aliphatic carbocycles. The van der Waals surface area contributed by atoms with Gasteiger partial charge in [-0.1, -0.05) is 62.1 Å². The van der Waals surface area contributed by atoms with Crippen molar-refractivity contribution in [3.05, 3.63) is 146 Å². The summed E-state index contributed by atoms with van der Waals surface area (Å²) in [4.78, 5) is 9.02. The van der Waals surface area contributed by atoms with Crippen molar-refractivity contribution in [3.63, 3.8) is 0 Å². The van der Waals surface area contributed by atoms with Gasteiger partial charge in [0.1, 0.15) is 0 Å². The molecule has 0 aliphatic rings. The number of aromatic nitrogens is 2. The molecule has 4 aromatic carbocycles. The fourth-order valence-corrected chi connectivity index (χ4v) is 8.35. The summed E-state index contributed by atoms with van der Waals surface area (Å²) < 4.78 is 1.54. The molecule has 0 unspecified atom stereocenters. The van der Waals surface area contributed by atoms with Crippen LogP contribution in [0.5, 0.6) is 0 Å². The molecule has 0 bridgehead atoms. The Morgan fingerprint density at radius 2 is 1.24 bits per heavy atom. The van der Waals surface area contributed by atoms with Crippen molar-refractivity contribution in [2.75, 3.05) is 0 Å². The predicted molar refractivity (Wildman–Crippen MR) is 194 cm³/mol. The van der Waals surface area contributed by atoms with Crippen molar-refractivity contribution < 1.29 is 20.1 Å². The summed E-state index contributed by atoms with van der Waals surface area (Å²) in [7, 11) is -1.29. The number of hydrogen-bond acceptors (Lipinski definition) is 2. The number of rotatable bonds is 6. The average Bonchev–Trinajstić information content (AvgIpc) is 3.05. The minimum absolute atomic E-state index is 0. The minimum Gasteiger partial charge on any atom is 0 e. The van der Waals surface area contributed by atoms with Crippen molar-refractivity contribution in [2.24, 2.45) is 0 Å². The Kier molecular flexibility index (Phi) is 11.7. The summed E-state index contributed by atoms with van der Waals surface area (Å²) in [6, 6.07) is 48.9. The van der Waals surface area contributed by atoms with E-state index in [1.54, 1.807) is 0 Å². The topological polar surface area (TPSA) is 25.8 Å². The van der Waals surface area contributed by atoms with Crippen molar-refractivity contribution in [3.8, 4) is 44.8 Å². The van der Waals surface area contributed by atoms with Gasteiger partial charge in [-0.3, -0.25) is 0 Å². The van der Waals surface area contributed by atoms with Crippen molar-refractivity contribution in [1.82, 2.24) is 9.97 Å². The summed E-state index contributed by atoms with van der Waals surface area (Å²) in [6.07, 6.45) is 3.85. The molecule has 0 fully saturated rings. The fraction of sp³-hybridized carbons (Fsp3) is 0.150. The minimum atomic E-state index is -1.72. The second kappa shape index (κ2) is 15.2. The average molecular weight is 842 g/mol. The molecule has 6 aromatic rings. The van der Waals surface area contributed by atoms with E-state index in [-0.39, 0.29) is 20.1 Å². The molecule has 0 saturated carbocycles. The maximum atomic E-state index is 4.65. The molecule has 0 atom stereocenters. The third kappa shape index (κ3) is 9.31. The monoisotopic (exact) mass is 843 g/mol. The summed E-state index contributed by atoms with van der Waals surface area (Å²) in [5.74, 6) is 7.26. The Morgan fingerprint density at radius 1 is 0.578 bits per heavy atom. The van der Waals surface area contributed by atoms with Gasteiger partial charge in [0.2, 0.25) is 0 Å². The van der Waals surface area contributed by atoms with E-state index in [9.17, 15) is 0 Å². The van der Waals surface area contributed by atoms with E-state index < -0.39 is 21.3 Å². The molecule has 0 amide bonds. The standard InChI is InChI=1S/C20H20GeN.C20H20NSi.Ir/c1-21(2,3)19-13-11-17(12-14-19)16-7-9-18(10-8-16)20-6-4-5-15-22-20;1-22(2,3)19-12-13-20(21-15-19)18-11-7-10-17(14-18)16-8-5-4-6-9-16;/h4-9,11-15H,1-3H3;4-10,12-15H,1-3H3;/q2*-1;. The summed E-state index contributed by atoms with van der Waals surface area (Å²) in [6.45, 7) is 7.02. The third-order valence-corrected chi connectivity index (χ3v) is 14.0. The largest absolute Gasteiger partial charge is 0 e. The molecule has 0 aliphatic heterocycles. The van der Waals surface area contributed by atoms with Crippen LogP contribution in [0.3, 0.4) is 0 Å². The second-order valence-corrected chi connectivity index (χ2v) is 28.8. The van der Waals surface area contributed by atoms with Crippen molar-refractivity contribution >= 4 is 30.9 Å². The second-order valence-electron chi connectivity index (χ2n) is 13.1. The van der Waals surface area contributed by atoms with Crippen LogP contribution in [0.2, 0.25) is 36.9 Å². The zero-order valence-electron chi connectivity index (χ0n) is 26.9. The van der Waals surface area contributed by atoms with Gasteiger partial charge in [0.15, 0.2) is 0 Å². The molecule has 6 rings (SSSR count). The molecule has 0 spiro atoms. The summed E-state index contributed by atoms with van der Waals surface area (Å²) in [5, 5.41) is 1.38. The zero-order valence-corrected chi connectivity index (χ0v) is 32.4. The van der Waals surface area contributed by atoms with E-state index in [0.29, 0.717) is 0 Å². The molecule has 2 nitrogen and oxygen atoms in total. The molecule has 5 heteroatoms. The van der Waals surface area contributed by atoms with E-state index >= 15 is 0 Å². The van der Waals surface area contributed by atoms with Gasteiger partial charge in [-0.05, 0) is 16.4 Å². The van der Waals surface area contributed by atoms with Crippen LogP contribution in [0, 0.1) is 12.1 Å². The molecule has 2 aromatic heterocycles. The normalized spacial score (nSPS) is 11.2. The van der Waals surface area contributed by atoms with Gasteiger partial charge in [-0.25, -0.2) is 0 Å². The predicted octanol–water partition coefficient (Wildman–Crippen LogP) is 9.52. The van der Waals surface area contributed by atoms with Gasteiger partial charge in [0, 0.05) is 26.3 Å². The number of nitrogens with zero attached hydrogens (tertiary/aromatic N) is 2. The van der Waals surface area contributed by atoms with Gasteiger partial charge in [0.05, 0.1) is 8.07 Å². The summed E-state index contributed by atoms with van der Waals surface area (Å²) in [5.41, 5.74) is 8.90. The van der Waals surface area contributed by atoms with E-state index in [0.717, 1.165) is 22.5 Å². The maximum Gasteiger partial charge on any atom is 0 e. The summed E-state index contributed by atoms with van der Waals surface area (Å²) >= 11 is -1.72. The van der Waals surface area contributed by atoms with Crippen molar-refractivity contribution in [2.45, 2.75) is 36.9 Å². The number of benzene rings is 4. The van der Waals surface area contributed by atoms with Gasteiger partial charge in [-0.2, -0.15) is 0 Å². The Labute approximate surface area is 286 Å². The number of pyridine rings is 2. The third-order valence-electron chi connectivity index (χ3n) is 7.65. The Hall–Kier alpha value is -3.41. The first-order chi connectivity index (χ1) is 21.1. The van der Waals surface area contributed by atoms with Crippen LogP contribution in [0.4, 0.5) is 0 Å². The molecule has 0 N–H and O–H groups in total. The molecule has 45 heavy (non-hydrogen) atoms. The Morgan fingerprint density at radius 3 is 1.82 bits per heavy atom. The molecule has 2 heterocycles. The first-order valence-corrected chi connectivity index (χ1v) is 26.0. The van der Waals surface area contributed by atoms with E-state index in [1.807, 2.05) is 42.7 Å². The van der Waals surface area contributed by atoms with Gasteiger partial charge < -0.3 is 4.98 Å². The molecular formula is C40H40GeIrN2Si-2. The van der Waals surface area contributed by atoms with E-state index in [1.165, 1.54) is 31.8 Å². The maximum absolute atomic E-state index is 4.65. The van der Waals surface area contributed by atoms with Crippen LogP contribution in [0.15, 0.2) is 134 Å². The van der Waals surface area contributed by atoms with Crippen LogP contribution >= 0.6 is 0 Å². The van der Waals surface area contributed by atoms with Gasteiger partial charge >= 0.3 is 135 Å². The molecule has 0 saturated heterocycles. The SMILES string of the molecule is C[Si](C)(C)c1ccc(-c2[c-]ccc(-c3ccccc3)c2)nc1.[CH3][Ge]([CH3])([CH3])[c]1ccc(-c2c[c-]c(-c3ccccn3)cc2)cc1.[Ir]. The smallest absolute Gasteiger partial charge is 0 e. The van der Waals surface area contributed by atoms with Crippen LogP contribution < -0.4 is 9.58 Å². The first-order valence-electron chi connectivity index (χ1n) is 15.2. The molecular weight excluding hydrogens is 801 g/mol. The molecule has 1 radical (unpaired) electrons. The van der Waals surface area contributed by atoms with E-state index in [4.69, 9.17) is 0 Å². The Balaban J connectivity index is 0.000000200. The molecule has 229 valence electrons. The Bertz CT molecular complexity index is 1780. The number of hydrogen-bond donors (Lipinski definition) is 0. The first kappa shape index (κ1) is 34.5. The van der Waals surface area contributed by atoms with Crippen LogP contribution in [0.25, 0.3) is 44.8 Å². The fourth-order valence-electron chi connectivity index (χ4n) is 4.87.